The quantitative estimate of drug-likeness (QED) is 0.790. The van der Waals surface area contributed by atoms with Crippen LogP contribution in [-0.4, -0.2) is 5.11 Å². The van der Waals surface area contributed by atoms with Gasteiger partial charge in [0.25, 0.3) is 0 Å². The molecule has 0 radical (unpaired) electrons. The molecule has 1 aromatic rings. The highest BCUT2D eigenvalue weighted by molar-refractivity contribution is 5.25. The molecule has 15 heavy (non-hydrogen) atoms. The number of halogens is 1. The number of hydrogen-bond donors (Lipinski definition) is 1. The standard InChI is InChI=1S/C13H19FO/c1-9-5-10(7-11(14)6-9)12(15)8-13(2,3)4/h5-7,12,15H,8H2,1-4H3. The van der Waals surface area contributed by atoms with E-state index in [4.69, 9.17) is 0 Å². The number of aryl methyl sites for hydroxylation is 1. The summed E-state index contributed by atoms with van der Waals surface area (Å²) in [7, 11) is 0. The summed E-state index contributed by atoms with van der Waals surface area (Å²) in [6, 6.07) is 4.70. The van der Waals surface area contributed by atoms with Gasteiger partial charge in [-0.15, -0.1) is 0 Å². The maximum atomic E-state index is 13.1. The number of hydrogen-bond acceptors (Lipinski definition) is 1. The lowest BCUT2D eigenvalue weighted by Gasteiger charge is -2.22. The lowest BCUT2D eigenvalue weighted by Crippen LogP contribution is -2.11. The predicted molar refractivity (Wildman–Crippen MR) is 60.2 cm³/mol. The van der Waals surface area contributed by atoms with Crippen LogP contribution in [0.2, 0.25) is 0 Å². The third-order valence-corrected chi connectivity index (χ3v) is 2.25. The van der Waals surface area contributed by atoms with Crippen molar-refractivity contribution in [3.05, 3.63) is 35.1 Å². The number of rotatable bonds is 2. The van der Waals surface area contributed by atoms with Gasteiger partial charge in [-0.3, -0.25) is 0 Å². The van der Waals surface area contributed by atoms with Crippen LogP contribution in [0.3, 0.4) is 0 Å². The highest BCUT2D eigenvalue weighted by atomic mass is 19.1. The van der Waals surface area contributed by atoms with Gasteiger partial charge in [0.2, 0.25) is 0 Å². The Morgan fingerprint density at radius 1 is 1.27 bits per heavy atom. The highest BCUT2D eigenvalue weighted by Crippen LogP contribution is 2.29. The Bertz CT molecular complexity index is 319. The smallest absolute Gasteiger partial charge is 0.123 e. The van der Waals surface area contributed by atoms with Crippen LogP contribution >= 0.6 is 0 Å². The summed E-state index contributed by atoms with van der Waals surface area (Å²) in [5.41, 5.74) is 1.56. The molecule has 0 saturated heterocycles. The second-order valence-corrected chi connectivity index (χ2v) is 5.34. The van der Waals surface area contributed by atoms with Gasteiger partial charge in [-0.1, -0.05) is 26.8 Å². The van der Waals surface area contributed by atoms with E-state index in [1.54, 1.807) is 0 Å². The molecule has 84 valence electrons. The average molecular weight is 210 g/mol. The van der Waals surface area contributed by atoms with Crippen molar-refractivity contribution in [1.29, 1.82) is 0 Å². The van der Waals surface area contributed by atoms with Crippen LogP contribution in [0.4, 0.5) is 4.39 Å². The van der Waals surface area contributed by atoms with Gasteiger partial charge >= 0.3 is 0 Å². The average Bonchev–Trinajstić information content (AvgIpc) is 1.98. The predicted octanol–water partition coefficient (Wildman–Crippen LogP) is 3.60. The molecular weight excluding hydrogens is 191 g/mol. The van der Waals surface area contributed by atoms with Crippen LogP contribution in [0, 0.1) is 18.2 Å². The maximum absolute atomic E-state index is 13.1. The van der Waals surface area contributed by atoms with E-state index in [0.717, 1.165) is 5.56 Å². The van der Waals surface area contributed by atoms with Gasteiger partial charge in [-0.2, -0.15) is 0 Å². The largest absolute Gasteiger partial charge is 0.388 e. The molecule has 0 fully saturated rings. The molecule has 1 nitrogen and oxygen atoms in total. The summed E-state index contributed by atoms with van der Waals surface area (Å²) >= 11 is 0. The van der Waals surface area contributed by atoms with E-state index in [9.17, 15) is 9.50 Å². The van der Waals surface area contributed by atoms with Gasteiger partial charge in [0.15, 0.2) is 0 Å². The summed E-state index contributed by atoms with van der Waals surface area (Å²) in [5, 5.41) is 9.94. The first-order chi connectivity index (χ1) is 6.78. The first-order valence-corrected chi connectivity index (χ1v) is 5.23. The van der Waals surface area contributed by atoms with Crippen molar-refractivity contribution in [2.24, 2.45) is 5.41 Å². The minimum Gasteiger partial charge on any atom is -0.388 e. The molecule has 1 rings (SSSR count). The highest BCUT2D eigenvalue weighted by Gasteiger charge is 2.18. The van der Waals surface area contributed by atoms with Crippen molar-refractivity contribution in [2.75, 3.05) is 0 Å². The molecule has 0 aliphatic heterocycles. The van der Waals surface area contributed by atoms with Crippen LogP contribution in [0.1, 0.15) is 44.4 Å². The molecule has 1 aromatic carbocycles. The minimum atomic E-state index is -0.584. The van der Waals surface area contributed by atoms with Gasteiger partial charge < -0.3 is 5.11 Å². The van der Waals surface area contributed by atoms with E-state index >= 15 is 0 Å². The molecule has 1 unspecified atom stereocenters. The SMILES string of the molecule is Cc1cc(F)cc(C(O)CC(C)(C)C)c1. The first kappa shape index (κ1) is 12.2. The third kappa shape index (κ3) is 4.00. The fraction of sp³-hybridized carbons (Fsp3) is 0.538. The summed E-state index contributed by atoms with van der Waals surface area (Å²) < 4.78 is 13.1. The Morgan fingerprint density at radius 3 is 2.33 bits per heavy atom. The van der Waals surface area contributed by atoms with Crippen molar-refractivity contribution in [3.8, 4) is 0 Å². The second kappa shape index (κ2) is 4.31. The zero-order valence-electron chi connectivity index (χ0n) is 9.84. The molecule has 0 aliphatic rings. The molecule has 0 aliphatic carbocycles. The number of aliphatic hydroxyl groups is 1. The zero-order chi connectivity index (χ0) is 11.6. The van der Waals surface area contributed by atoms with Crippen molar-refractivity contribution in [3.63, 3.8) is 0 Å². The first-order valence-electron chi connectivity index (χ1n) is 5.23. The van der Waals surface area contributed by atoms with E-state index in [-0.39, 0.29) is 11.2 Å². The van der Waals surface area contributed by atoms with E-state index in [2.05, 4.69) is 20.8 Å². The van der Waals surface area contributed by atoms with E-state index in [1.807, 2.05) is 13.0 Å². The molecule has 1 N–H and O–H groups in total. The minimum absolute atomic E-state index is 0.0413. The molecule has 0 bridgehead atoms. The van der Waals surface area contributed by atoms with Gasteiger partial charge in [0, 0.05) is 0 Å². The Balaban J connectivity index is 2.86. The Kier molecular flexibility index (Phi) is 3.50. The van der Waals surface area contributed by atoms with Crippen molar-refractivity contribution in [1.82, 2.24) is 0 Å². The summed E-state index contributed by atoms with van der Waals surface area (Å²) in [6.07, 6.45) is 0.0509. The van der Waals surface area contributed by atoms with E-state index in [0.29, 0.717) is 12.0 Å². The molecule has 2 heteroatoms. The Hall–Kier alpha value is -0.890. The van der Waals surface area contributed by atoms with Gasteiger partial charge in [-0.05, 0) is 42.0 Å². The van der Waals surface area contributed by atoms with Crippen LogP contribution < -0.4 is 0 Å². The van der Waals surface area contributed by atoms with Gasteiger partial charge in [0.05, 0.1) is 6.10 Å². The molecule has 0 heterocycles. The van der Waals surface area contributed by atoms with Crippen LogP contribution in [0.5, 0.6) is 0 Å². The summed E-state index contributed by atoms with van der Waals surface area (Å²) in [6.45, 7) is 8.00. The monoisotopic (exact) mass is 210 g/mol. The Labute approximate surface area is 90.9 Å². The fourth-order valence-corrected chi connectivity index (χ4v) is 1.65. The lowest BCUT2D eigenvalue weighted by atomic mass is 9.86. The van der Waals surface area contributed by atoms with Gasteiger partial charge in [-0.25, -0.2) is 4.39 Å². The molecule has 0 saturated carbocycles. The van der Waals surface area contributed by atoms with Gasteiger partial charge in [0.1, 0.15) is 5.82 Å². The van der Waals surface area contributed by atoms with Crippen molar-refractivity contribution >= 4 is 0 Å². The summed E-state index contributed by atoms with van der Waals surface area (Å²) in [4.78, 5) is 0. The Morgan fingerprint density at radius 2 is 1.87 bits per heavy atom. The van der Waals surface area contributed by atoms with Crippen LogP contribution in [0.25, 0.3) is 0 Å². The van der Waals surface area contributed by atoms with Crippen LogP contribution in [-0.2, 0) is 0 Å². The van der Waals surface area contributed by atoms with E-state index < -0.39 is 6.10 Å². The van der Waals surface area contributed by atoms with Crippen molar-refractivity contribution in [2.45, 2.75) is 40.2 Å². The normalized spacial score (nSPS) is 14.0. The second-order valence-electron chi connectivity index (χ2n) is 5.34. The third-order valence-electron chi connectivity index (χ3n) is 2.25. The van der Waals surface area contributed by atoms with Crippen LogP contribution in [0.15, 0.2) is 18.2 Å². The summed E-state index contributed by atoms with van der Waals surface area (Å²) in [5.74, 6) is -0.280. The number of aliphatic hydroxyl groups excluding tert-OH is 1. The van der Waals surface area contributed by atoms with E-state index in [1.165, 1.54) is 12.1 Å². The van der Waals surface area contributed by atoms with Crippen molar-refractivity contribution < 1.29 is 9.50 Å². The maximum Gasteiger partial charge on any atom is 0.123 e. The zero-order valence-corrected chi connectivity index (χ0v) is 9.84. The molecule has 0 aromatic heterocycles. The molecular formula is C13H19FO. The fourth-order valence-electron chi connectivity index (χ4n) is 1.65. The lowest BCUT2D eigenvalue weighted by molar-refractivity contribution is 0.122. The molecule has 0 amide bonds. The topological polar surface area (TPSA) is 20.2 Å². The number of benzene rings is 1. The molecule has 1 atom stereocenters. The molecule has 0 spiro atoms.